The standard InChI is InChI=1S/C12H11N3OS/c1-15-8-5-3-2-4-7(8)14-12(15)10-9(16)6-17-11(10)13/h2-5H,6,13H2,1H3. The average Bonchev–Trinajstić information content (AvgIpc) is 2.82. The number of nitrogens with zero attached hydrogens (tertiary/aromatic N) is 2. The van der Waals surface area contributed by atoms with Crippen LogP contribution in [0.5, 0.6) is 0 Å². The number of hydrogen-bond acceptors (Lipinski definition) is 4. The van der Waals surface area contributed by atoms with Crippen LogP contribution in [-0.4, -0.2) is 21.1 Å². The Morgan fingerprint density at radius 2 is 2.18 bits per heavy atom. The number of aryl methyl sites for hydroxylation is 1. The number of hydrogen-bond donors (Lipinski definition) is 1. The molecule has 0 spiro atoms. The van der Waals surface area contributed by atoms with Crippen molar-refractivity contribution in [3.63, 3.8) is 0 Å². The van der Waals surface area contributed by atoms with Gasteiger partial charge in [0.2, 0.25) is 0 Å². The summed E-state index contributed by atoms with van der Waals surface area (Å²) in [4.78, 5) is 16.3. The van der Waals surface area contributed by atoms with Crippen LogP contribution >= 0.6 is 11.8 Å². The summed E-state index contributed by atoms with van der Waals surface area (Å²) in [5.74, 6) is 1.15. The molecule has 17 heavy (non-hydrogen) atoms. The third kappa shape index (κ3) is 1.46. The monoisotopic (exact) mass is 245 g/mol. The highest BCUT2D eigenvalue weighted by Crippen LogP contribution is 2.32. The summed E-state index contributed by atoms with van der Waals surface area (Å²) in [7, 11) is 1.90. The van der Waals surface area contributed by atoms with Gasteiger partial charge in [-0.25, -0.2) is 4.98 Å². The number of fused-ring (bicyclic) bond motifs is 1. The summed E-state index contributed by atoms with van der Waals surface area (Å²) >= 11 is 1.38. The van der Waals surface area contributed by atoms with E-state index in [0.717, 1.165) is 11.0 Å². The number of thioether (sulfide) groups is 1. The first-order valence-corrected chi connectivity index (χ1v) is 6.24. The molecule has 0 bridgehead atoms. The van der Waals surface area contributed by atoms with E-state index < -0.39 is 0 Å². The molecule has 2 N–H and O–H groups in total. The first kappa shape index (κ1) is 10.4. The minimum atomic E-state index is 0.0610. The van der Waals surface area contributed by atoms with Crippen LogP contribution in [0.3, 0.4) is 0 Å². The van der Waals surface area contributed by atoms with E-state index in [1.807, 2.05) is 35.9 Å². The van der Waals surface area contributed by atoms with Gasteiger partial charge in [-0.2, -0.15) is 0 Å². The second-order valence-corrected chi connectivity index (χ2v) is 4.95. The number of para-hydroxylation sites is 2. The second-order valence-electron chi connectivity index (χ2n) is 3.93. The zero-order valence-electron chi connectivity index (χ0n) is 9.30. The lowest BCUT2D eigenvalue weighted by Gasteiger charge is -2.02. The Hall–Kier alpha value is -1.75. The number of nitrogens with two attached hydrogens (primary N) is 1. The summed E-state index contributed by atoms with van der Waals surface area (Å²) in [6.45, 7) is 0. The van der Waals surface area contributed by atoms with Crippen LogP contribution in [0.1, 0.15) is 5.82 Å². The van der Waals surface area contributed by atoms with Crippen molar-refractivity contribution in [2.24, 2.45) is 12.8 Å². The van der Waals surface area contributed by atoms with Gasteiger partial charge in [0, 0.05) is 7.05 Å². The maximum atomic E-state index is 11.8. The van der Waals surface area contributed by atoms with Crippen molar-refractivity contribution in [1.82, 2.24) is 9.55 Å². The summed E-state index contributed by atoms with van der Waals surface area (Å²) in [6, 6.07) is 7.80. The van der Waals surface area contributed by atoms with Crippen molar-refractivity contribution >= 4 is 34.2 Å². The predicted molar refractivity (Wildman–Crippen MR) is 69.3 cm³/mol. The fourth-order valence-corrected chi connectivity index (χ4v) is 2.81. The number of carbonyl (C=O) groups excluding carboxylic acids is 1. The summed E-state index contributed by atoms with van der Waals surface area (Å²) < 4.78 is 1.92. The molecule has 1 aromatic carbocycles. The van der Waals surface area contributed by atoms with E-state index in [4.69, 9.17) is 5.73 Å². The zero-order chi connectivity index (χ0) is 12.0. The normalized spacial score (nSPS) is 16.2. The summed E-state index contributed by atoms with van der Waals surface area (Å²) in [5.41, 5.74) is 8.32. The lowest BCUT2D eigenvalue weighted by molar-refractivity contribution is -0.111. The molecule has 2 aromatic rings. The van der Waals surface area contributed by atoms with Gasteiger partial charge in [0.25, 0.3) is 0 Å². The third-order valence-corrected chi connectivity index (χ3v) is 3.82. The number of rotatable bonds is 1. The molecule has 86 valence electrons. The highest BCUT2D eigenvalue weighted by atomic mass is 32.2. The van der Waals surface area contributed by atoms with Crippen molar-refractivity contribution in [1.29, 1.82) is 0 Å². The zero-order valence-corrected chi connectivity index (χ0v) is 10.1. The Kier molecular flexibility index (Phi) is 2.22. The van der Waals surface area contributed by atoms with E-state index in [9.17, 15) is 4.79 Å². The van der Waals surface area contributed by atoms with Gasteiger partial charge in [-0.15, -0.1) is 0 Å². The van der Waals surface area contributed by atoms with Gasteiger partial charge < -0.3 is 10.3 Å². The summed E-state index contributed by atoms with van der Waals surface area (Å²) in [5, 5.41) is 0.577. The number of Topliss-reactive ketones (excluding diaryl/α,β-unsaturated/α-hetero) is 1. The molecule has 1 aliphatic heterocycles. The van der Waals surface area contributed by atoms with Gasteiger partial charge >= 0.3 is 0 Å². The maximum Gasteiger partial charge on any atom is 0.179 e. The maximum absolute atomic E-state index is 11.8. The fourth-order valence-electron chi connectivity index (χ4n) is 2.03. The quantitative estimate of drug-likeness (QED) is 0.827. The molecule has 0 saturated heterocycles. The predicted octanol–water partition coefficient (Wildman–Crippen LogP) is 1.52. The molecular formula is C12H11N3OS. The fraction of sp³-hybridized carbons (Fsp3) is 0.167. The molecule has 0 radical (unpaired) electrons. The topological polar surface area (TPSA) is 60.9 Å². The van der Waals surface area contributed by atoms with Crippen LogP contribution in [0.15, 0.2) is 29.3 Å². The number of benzene rings is 1. The van der Waals surface area contributed by atoms with E-state index >= 15 is 0 Å². The molecule has 3 rings (SSSR count). The van der Waals surface area contributed by atoms with Crippen molar-refractivity contribution in [2.75, 3.05) is 5.75 Å². The molecule has 5 heteroatoms. The van der Waals surface area contributed by atoms with Crippen molar-refractivity contribution in [2.45, 2.75) is 0 Å². The van der Waals surface area contributed by atoms with Gasteiger partial charge in [-0.1, -0.05) is 23.9 Å². The Bertz CT molecular complexity index is 657. The number of aromatic nitrogens is 2. The van der Waals surface area contributed by atoms with Crippen molar-refractivity contribution in [3.05, 3.63) is 35.1 Å². The Balaban J connectivity index is 2.28. The molecular weight excluding hydrogens is 234 g/mol. The van der Waals surface area contributed by atoms with E-state index in [1.165, 1.54) is 11.8 Å². The molecule has 0 amide bonds. The molecule has 1 aliphatic rings. The first-order valence-electron chi connectivity index (χ1n) is 5.26. The third-order valence-electron chi connectivity index (χ3n) is 2.89. The summed E-state index contributed by atoms with van der Waals surface area (Å²) in [6.07, 6.45) is 0. The van der Waals surface area contributed by atoms with Crippen LogP contribution < -0.4 is 5.73 Å². The number of imidazole rings is 1. The molecule has 0 aliphatic carbocycles. The van der Waals surface area contributed by atoms with Gasteiger partial charge in [-0.3, -0.25) is 4.79 Å². The van der Waals surface area contributed by atoms with E-state index in [0.29, 0.717) is 22.2 Å². The lowest BCUT2D eigenvalue weighted by Crippen LogP contribution is -2.07. The van der Waals surface area contributed by atoms with Crippen LogP contribution in [0.25, 0.3) is 16.6 Å². The van der Waals surface area contributed by atoms with Crippen LogP contribution in [-0.2, 0) is 11.8 Å². The molecule has 2 heterocycles. The highest BCUT2D eigenvalue weighted by Gasteiger charge is 2.27. The Morgan fingerprint density at radius 1 is 1.41 bits per heavy atom. The second kappa shape index (κ2) is 3.63. The Labute approximate surface area is 103 Å². The number of ketones is 1. The lowest BCUT2D eigenvalue weighted by atomic mass is 10.2. The van der Waals surface area contributed by atoms with E-state index in [-0.39, 0.29) is 5.78 Å². The molecule has 4 nitrogen and oxygen atoms in total. The molecule has 1 aromatic heterocycles. The van der Waals surface area contributed by atoms with E-state index in [1.54, 1.807) is 0 Å². The van der Waals surface area contributed by atoms with Crippen LogP contribution in [0.2, 0.25) is 0 Å². The van der Waals surface area contributed by atoms with Crippen molar-refractivity contribution in [3.8, 4) is 0 Å². The molecule has 0 fully saturated rings. The van der Waals surface area contributed by atoms with Crippen molar-refractivity contribution < 1.29 is 4.79 Å². The van der Waals surface area contributed by atoms with Gasteiger partial charge in [0.05, 0.1) is 27.4 Å². The molecule has 0 unspecified atom stereocenters. The van der Waals surface area contributed by atoms with Crippen LogP contribution in [0, 0.1) is 0 Å². The minimum absolute atomic E-state index is 0.0610. The van der Waals surface area contributed by atoms with E-state index in [2.05, 4.69) is 4.98 Å². The first-order chi connectivity index (χ1) is 8.18. The molecule has 0 atom stereocenters. The smallest absolute Gasteiger partial charge is 0.179 e. The van der Waals surface area contributed by atoms with Gasteiger partial charge in [0.1, 0.15) is 5.82 Å². The molecule has 0 saturated carbocycles. The number of allylic oxidation sites excluding steroid dienone is 1. The van der Waals surface area contributed by atoms with Crippen LogP contribution in [0.4, 0.5) is 0 Å². The largest absolute Gasteiger partial charge is 0.393 e. The minimum Gasteiger partial charge on any atom is -0.393 e. The van der Waals surface area contributed by atoms with Gasteiger partial charge in [-0.05, 0) is 12.1 Å². The SMILES string of the molecule is Cn1c(C2=C(N)SCC2=O)nc2ccccc21. The Morgan fingerprint density at radius 3 is 2.82 bits per heavy atom. The van der Waals surface area contributed by atoms with Gasteiger partial charge in [0.15, 0.2) is 5.78 Å². The number of carbonyl (C=O) groups is 1. The average molecular weight is 245 g/mol. The highest BCUT2D eigenvalue weighted by molar-refractivity contribution is 8.04.